The van der Waals surface area contributed by atoms with Gasteiger partial charge in [-0.15, -0.1) is 0 Å². The monoisotopic (exact) mass is 327 g/mol. The topological polar surface area (TPSA) is 67.6 Å². The molecule has 1 fully saturated rings. The van der Waals surface area contributed by atoms with Crippen molar-refractivity contribution in [2.24, 2.45) is 5.92 Å². The third-order valence-electron chi connectivity index (χ3n) is 4.74. The van der Waals surface area contributed by atoms with Crippen LogP contribution in [0.25, 0.3) is 0 Å². The first-order chi connectivity index (χ1) is 11.7. The fourth-order valence-electron chi connectivity index (χ4n) is 3.37. The van der Waals surface area contributed by atoms with Crippen LogP contribution in [0, 0.1) is 5.92 Å². The number of hydrogen-bond acceptors (Lipinski definition) is 4. The average Bonchev–Trinajstić information content (AvgIpc) is 2.99. The van der Waals surface area contributed by atoms with Crippen LogP contribution in [0.4, 0.5) is 0 Å². The Hall–Kier alpha value is -2.34. The van der Waals surface area contributed by atoms with Crippen LogP contribution >= 0.6 is 0 Å². The van der Waals surface area contributed by atoms with Crippen molar-refractivity contribution in [2.75, 3.05) is 13.1 Å². The fraction of sp³-hybridized carbons (Fsp3) is 0.444. The van der Waals surface area contributed by atoms with Crippen LogP contribution in [-0.4, -0.2) is 44.9 Å². The van der Waals surface area contributed by atoms with Gasteiger partial charge in [0.2, 0.25) is 0 Å². The molecule has 0 atom stereocenters. The lowest BCUT2D eigenvalue weighted by Gasteiger charge is -2.37. The SMILES string of the molecule is O=C1c2cc(COc3ccccc3)nn2CCN1CC1CC(O)C1. The Balaban J connectivity index is 1.40. The number of aromatic nitrogens is 2. The zero-order valence-electron chi connectivity index (χ0n) is 13.5. The number of amides is 1. The van der Waals surface area contributed by atoms with Gasteiger partial charge in [-0.05, 0) is 37.0 Å². The number of benzene rings is 1. The van der Waals surface area contributed by atoms with Crippen molar-refractivity contribution >= 4 is 5.91 Å². The molecular weight excluding hydrogens is 306 g/mol. The van der Waals surface area contributed by atoms with Gasteiger partial charge in [-0.3, -0.25) is 9.48 Å². The van der Waals surface area contributed by atoms with Crippen LogP contribution in [0.2, 0.25) is 0 Å². The zero-order chi connectivity index (χ0) is 16.5. The highest BCUT2D eigenvalue weighted by Crippen LogP contribution is 2.29. The van der Waals surface area contributed by atoms with Crippen LogP contribution in [0.3, 0.4) is 0 Å². The third kappa shape index (κ3) is 3.01. The van der Waals surface area contributed by atoms with Gasteiger partial charge in [0.1, 0.15) is 23.7 Å². The first-order valence-electron chi connectivity index (χ1n) is 8.41. The number of hydrogen-bond donors (Lipinski definition) is 1. The number of ether oxygens (including phenoxy) is 1. The molecule has 6 heteroatoms. The molecular formula is C18H21N3O3. The molecule has 2 aromatic rings. The number of carbonyl (C=O) groups excluding carboxylic acids is 1. The second kappa shape index (κ2) is 6.28. The lowest BCUT2D eigenvalue weighted by molar-refractivity contribution is 0.0199. The molecule has 0 unspecified atom stereocenters. The Morgan fingerprint density at radius 2 is 2.00 bits per heavy atom. The van der Waals surface area contributed by atoms with Crippen molar-refractivity contribution in [3.63, 3.8) is 0 Å². The summed E-state index contributed by atoms with van der Waals surface area (Å²) in [6.07, 6.45) is 1.43. The van der Waals surface area contributed by atoms with Crippen molar-refractivity contribution in [1.29, 1.82) is 0 Å². The van der Waals surface area contributed by atoms with E-state index in [1.54, 1.807) is 4.68 Å². The summed E-state index contributed by atoms with van der Waals surface area (Å²) in [5, 5.41) is 13.9. The quantitative estimate of drug-likeness (QED) is 0.907. The van der Waals surface area contributed by atoms with Gasteiger partial charge < -0.3 is 14.7 Å². The molecule has 1 aliphatic heterocycles. The van der Waals surface area contributed by atoms with E-state index in [1.165, 1.54) is 0 Å². The van der Waals surface area contributed by atoms with Crippen LogP contribution in [0.1, 0.15) is 29.0 Å². The van der Waals surface area contributed by atoms with E-state index < -0.39 is 0 Å². The van der Waals surface area contributed by atoms with E-state index in [9.17, 15) is 9.90 Å². The lowest BCUT2D eigenvalue weighted by atomic mass is 9.82. The second-order valence-electron chi connectivity index (χ2n) is 6.59. The molecule has 1 amide bonds. The predicted molar refractivity (Wildman–Crippen MR) is 87.6 cm³/mol. The predicted octanol–water partition coefficient (Wildman–Crippen LogP) is 1.69. The minimum absolute atomic E-state index is 0.0288. The van der Waals surface area contributed by atoms with Gasteiger partial charge in [0.15, 0.2) is 0 Å². The normalized spacial score (nSPS) is 22.9. The van der Waals surface area contributed by atoms with Gasteiger partial charge in [0.05, 0.1) is 12.6 Å². The molecule has 0 spiro atoms. The number of aliphatic hydroxyl groups is 1. The van der Waals surface area contributed by atoms with E-state index in [0.29, 0.717) is 31.3 Å². The molecule has 1 saturated carbocycles. The molecule has 1 aliphatic carbocycles. The fourth-order valence-corrected chi connectivity index (χ4v) is 3.37. The molecule has 0 radical (unpaired) electrons. The maximum absolute atomic E-state index is 12.6. The van der Waals surface area contributed by atoms with Gasteiger partial charge in [-0.2, -0.15) is 5.10 Å². The molecule has 1 aromatic carbocycles. The van der Waals surface area contributed by atoms with Crippen LogP contribution < -0.4 is 4.74 Å². The van der Waals surface area contributed by atoms with E-state index in [2.05, 4.69) is 5.10 Å². The van der Waals surface area contributed by atoms with E-state index in [1.807, 2.05) is 41.3 Å². The highest BCUT2D eigenvalue weighted by Gasteiger charge is 2.33. The highest BCUT2D eigenvalue weighted by atomic mass is 16.5. The first kappa shape index (κ1) is 15.2. The maximum Gasteiger partial charge on any atom is 0.272 e. The van der Waals surface area contributed by atoms with Crippen molar-refractivity contribution in [1.82, 2.24) is 14.7 Å². The van der Waals surface area contributed by atoms with Crippen LogP contribution in [-0.2, 0) is 13.2 Å². The number of carbonyl (C=O) groups is 1. The number of para-hydroxylation sites is 1. The van der Waals surface area contributed by atoms with Crippen LogP contribution in [0.15, 0.2) is 36.4 Å². The zero-order valence-corrected chi connectivity index (χ0v) is 13.5. The highest BCUT2D eigenvalue weighted by molar-refractivity contribution is 5.93. The third-order valence-corrected chi connectivity index (χ3v) is 4.74. The Morgan fingerprint density at radius 1 is 1.21 bits per heavy atom. The van der Waals surface area contributed by atoms with Crippen molar-refractivity contribution in [3.05, 3.63) is 47.8 Å². The van der Waals surface area contributed by atoms with Gasteiger partial charge in [0.25, 0.3) is 5.91 Å². The van der Waals surface area contributed by atoms with E-state index in [0.717, 1.165) is 30.8 Å². The summed E-state index contributed by atoms with van der Waals surface area (Å²) in [4.78, 5) is 14.5. The average molecular weight is 327 g/mol. The van der Waals surface area contributed by atoms with Gasteiger partial charge in [-0.25, -0.2) is 0 Å². The molecule has 2 aliphatic rings. The van der Waals surface area contributed by atoms with Crippen molar-refractivity contribution in [2.45, 2.75) is 32.1 Å². The van der Waals surface area contributed by atoms with E-state index >= 15 is 0 Å². The maximum atomic E-state index is 12.6. The Labute approximate surface area is 140 Å². The van der Waals surface area contributed by atoms with Crippen molar-refractivity contribution in [3.8, 4) is 5.75 Å². The number of nitrogens with zero attached hydrogens (tertiary/aromatic N) is 3. The molecule has 0 saturated heterocycles. The molecule has 4 rings (SSSR count). The number of rotatable bonds is 5. The summed E-state index contributed by atoms with van der Waals surface area (Å²) < 4.78 is 7.48. The summed E-state index contributed by atoms with van der Waals surface area (Å²) >= 11 is 0. The van der Waals surface area contributed by atoms with Gasteiger partial charge in [0, 0.05) is 13.1 Å². The summed E-state index contributed by atoms with van der Waals surface area (Å²) in [6, 6.07) is 11.4. The smallest absolute Gasteiger partial charge is 0.272 e. The number of aliphatic hydroxyl groups excluding tert-OH is 1. The minimum Gasteiger partial charge on any atom is -0.487 e. The molecule has 0 bridgehead atoms. The van der Waals surface area contributed by atoms with Gasteiger partial charge >= 0.3 is 0 Å². The largest absolute Gasteiger partial charge is 0.487 e. The number of fused-ring (bicyclic) bond motifs is 1. The second-order valence-corrected chi connectivity index (χ2v) is 6.59. The Bertz CT molecular complexity index is 722. The molecule has 6 nitrogen and oxygen atoms in total. The summed E-state index contributed by atoms with van der Waals surface area (Å²) in [6.45, 7) is 2.48. The summed E-state index contributed by atoms with van der Waals surface area (Å²) in [5.74, 6) is 1.25. The first-order valence-corrected chi connectivity index (χ1v) is 8.41. The Kier molecular flexibility index (Phi) is 3.98. The Morgan fingerprint density at radius 3 is 2.75 bits per heavy atom. The van der Waals surface area contributed by atoms with Gasteiger partial charge in [-0.1, -0.05) is 18.2 Å². The summed E-state index contributed by atoms with van der Waals surface area (Å²) in [7, 11) is 0. The molecule has 24 heavy (non-hydrogen) atoms. The summed E-state index contributed by atoms with van der Waals surface area (Å²) in [5.41, 5.74) is 1.40. The van der Waals surface area contributed by atoms with Crippen molar-refractivity contribution < 1.29 is 14.6 Å². The molecule has 126 valence electrons. The van der Waals surface area contributed by atoms with E-state index in [4.69, 9.17) is 4.74 Å². The standard InChI is InChI=1S/C18H21N3O3/c22-15-8-13(9-15)11-20-6-7-21-17(18(20)23)10-14(19-21)12-24-16-4-2-1-3-5-16/h1-5,10,13,15,22H,6-9,11-12H2. The lowest BCUT2D eigenvalue weighted by Crippen LogP contribution is -2.46. The van der Waals surface area contributed by atoms with E-state index in [-0.39, 0.29) is 12.0 Å². The molecule has 2 heterocycles. The molecule has 1 aromatic heterocycles. The van der Waals surface area contributed by atoms with Crippen LogP contribution in [0.5, 0.6) is 5.75 Å². The minimum atomic E-state index is -0.179. The molecule has 1 N–H and O–H groups in total.